The SMILES string of the molecule is Cc1cccc(N2C(=O)CNCc3ccccc32)c1C. The smallest absolute Gasteiger partial charge is 0.245 e. The molecule has 20 heavy (non-hydrogen) atoms. The molecule has 1 aliphatic rings. The Morgan fingerprint density at radius 3 is 2.55 bits per heavy atom. The number of benzene rings is 2. The minimum absolute atomic E-state index is 0.0867. The lowest BCUT2D eigenvalue weighted by Gasteiger charge is -2.25. The molecule has 0 fully saturated rings. The molecule has 3 heteroatoms. The van der Waals surface area contributed by atoms with Crippen molar-refractivity contribution in [2.45, 2.75) is 20.4 Å². The van der Waals surface area contributed by atoms with E-state index in [0.29, 0.717) is 6.54 Å². The maximum Gasteiger partial charge on any atom is 0.245 e. The fourth-order valence-electron chi connectivity index (χ4n) is 2.64. The lowest BCUT2D eigenvalue weighted by Crippen LogP contribution is -2.32. The molecular formula is C17H18N2O. The highest BCUT2D eigenvalue weighted by atomic mass is 16.2. The average molecular weight is 266 g/mol. The number of nitrogens with one attached hydrogen (secondary N) is 1. The van der Waals surface area contributed by atoms with Gasteiger partial charge in [0, 0.05) is 6.54 Å². The van der Waals surface area contributed by atoms with Crippen LogP contribution in [0.3, 0.4) is 0 Å². The monoisotopic (exact) mass is 266 g/mol. The van der Waals surface area contributed by atoms with Crippen LogP contribution in [0.15, 0.2) is 42.5 Å². The summed E-state index contributed by atoms with van der Waals surface area (Å²) < 4.78 is 0. The van der Waals surface area contributed by atoms with Gasteiger partial charge in [0.2, 0.25) is 5.91 Å². The van der Waals surface area contributed by atoms with Crippen molar-refractivity contribution >= 4 is 17.3 Å². The number of para-hydroxylation sites is 1. The highest BCUT2D eigenvalue weighted by Crippen LogP contribution is 2.33. The van der Waals surface area contributed by atoms with Crippen molar-refractivity contribution in [2.24, 2.45) is 0 Å². The maximum atomic E-state index is 12.5. The number of anilines is 2. The molecule has 0 atom stereocenters. The number of nitrogens with zero attached hydrogens (tertiary/aromatic N) is 1. The molecule has 2 aromatic carbocycles. The van der Waals surface area contributed by atoms with Gasteiger partial charge in [-0.05, 0) is 42.7 Å². The van der Waals surface area contributed by atoms with Gasteiger partial charge in [-0.1, -0.05) is 30.3 Å². The first-order valence-electron chi connectivity index (χ1n) is 6.86. The van der Waals surface area contributed by atoms with Gasteiger partial charge in [-0.25, -0.2) is 0 Å². The molecule has 1 heterocycles. The van der Waals surface area contributed by atoms with Gasteiger partial charge < -0.3 is 5.32 Å². The van der Waals surface area contributed by atoms with Crippen molar-refractivity contribution in [1.29, 1.82) is 0 Å². The van der Waals surface area contributed by atoms with Crippen molar-refractivity contribution in [1.82, 2.24) is 5.32 Å². The summed E-state index contributed by atoms with van der Waals surface area (Å²) in [6.45, 7) is 5.23. The van der Waals surface area contributed by atoms with Gasteiger partial charge >= 0.3 is 0 Å². The Morgan fingerprint density at radius 1 is 0.950 bits per heavy atom. The van der Waals surface area contributed by atoms with Gasteiger partial charge in [-0.2, -0.15) is 0 Å². The molecule has 3 nitrogen and oxygen atoms in total. The van der Waals surface area contributed by atoms with E-state index in [9.17, 15) is 4.79 Å². The molecule has 0 bridgehead atoms. The van der Waals surface area contributed by atoms with E-state index in [1.165, 1.54) is 5.56 Å². The van der Waals surface area contributed by atoms with Crippen LogP contribution < -0.4 is 10.2 Å². The van der Waals surface area contributed by atoms with Crippen LogP contribution in [0.2, 0.25) is 0 Å². The van der Waals surface area contributed by atoms with Gasteiger partial charge in [0.05, 0.1) is 17.9 Å². The first kappa shape index (κ1) is 12.9. The number of hydrogen-bond donors (Lipinski definition) is 1. The van der Waals surface area contributed by atoms with E-state index in [-0.39, 0.29) is 5.91 Å². The van der Waals surface area contributed by atoms with E-state index < -0.39 is 0 Å². The number of hydrogen-bond acceptors (Lipinski definition) is 2. The van der Waals surface area contributed by atoms with E-state index in [0.717, 1.165) is 29.0 Å². The molecule has 1 N–H and O–H groups in total. The van der Waals surface area contributed by atoms with E-state index in [1.807, 2.05) is 35.2 Å². The number of carbonyl (C=O) groups is 1. The van der Waals surface area contributed by atoms with Crippen LogP contribution >= 0.6 is 0 Å². The third-order valence-electron chi connectivity index (χ3n) is 3.89. The van der Waals surface area contributed by atoms with Crippen LogP contribution in [0.1, 0.15) is 16.7 Å². The zero-order valence-electron chi connectivity index (χ0n) is 11.8. The van der Waals surface area contributed by atoms with Crippen molar-refractivity contribution < 1.29 is 4.79 Å². The summed E-state index contributed by atoms with van der Waals surface area (Å²) in [5.74, 6) is 0.0867. The molecule has 2 aromatic rings. The highest BCUT2D eigenvalue weighted by molar-refractivity contribution is 6.03. The molecule has 0 saturated heterocycles. The molecule has 0 unspecified atom stereocenters. The van der Waals surface area contributed by atoms with Gasteiger partial charge in [0.25, 0.3) is 0 Å². The van der Waals surface area contributed by atoms with Gasteiger partial charge in [0.1, 0.15) is 0 Å². The minimum Gasteiger partial charge on any atom is -0.304 e. The summed E-state index contributed by atoms with van der Waals surface area (Å²) in [5, 5.41) is 3.20. The van der Waals surface area contributed by atoms with Crippen LogP contribution in [-0.2, 0) is 11.3 Å². The first-order chi connectivity index (χ1) is 9.68. The second kappa shape index (κ2) is 5.10. The number of carbonyl (C=O) groups excluding carboxylic acids is 1. The molecule has 0 aliphatic carbocycles. The molecular weight excluding hydrogens is 248 g/mol. The fourth-order valence-corrected chi connectivity index (χ4v) is 2.64. The van der Waals surface area contributed by atoms with Crippen molar-refractivity contribution in [2.75, 3.05) is 11.4 Å². The second-order valence-electron chi connectivity index (χ2n) is 5.18. The summed E-state index contributed by atoms with van der Waals surface area (Å²) in [6.07, 6.45) is 0. The lowest BCUT2D eigenvalue weighted by atomic mass is 10.1. The Labute approximate surface area is 119 Å². The molecule has 0 radical (unpaired) electrons. The lowest BCUT2D eigenvalue weighted by molar-refractivity contribution is -0.117. The third kappa shape index (κ3) is 2.10. The van der Waals surface area contributed by atoms with Crippen LogP contribution in [-0.4, -0.2) is 12.5 Å². The molecule has 102 valence electrons. The zero-order valence-corrected chi connectivity index (χ0v) is 11.8. The van der Waals surface area contributed by atoms with E-state index >= 15 is 0 Å². The quantitative estimate of drug-likeness (QED) is 0.860. The number of aryl methyl sites for hydroxylation is 1. The van der Waals surface area contributed by atoms with Crippen molar-refractivity contribution in [3.63, 3.8) is 0 Å². The normalized spacial score (nSPS) is 14.9. The second-order valence-corrected chi connectivity index (χ2v) is 5.18. The predicted molar refractivity (Wildman–Crippen MR) is 81.2 cm³/mol. The number of rotatable bonds is 1. The standard InChI is InChI=1S/C17H18N2O/c1-12-6-5-9-15(13(12)2)19-16-8-4-3-7-14(16)10-18-11-17(19)20/h3-9,18H,10-11H2,1-2H3. The molecule has 1 amide bonds. The van der Waals surface area contributed by atoms with Crippen LogP contribution in [0.25, 0.3) is 0 Å². The van der Waals surface area contributed by atoms with Crippen molar-refractivity contribution in [3.8, 4) is 0 Å². The van der Waals surface area contributed by atoms with E-state index in [1.54, 1.807) is 0 Å². The Morgan fingerprint density at radius 2 is 1.70 bits per heavy atom. The van der Waals surface area contributed by atoms with Gasteiger partial charge in [-0.3, -0.25) is 9.69 Å². The average Bonchev–Trinajstić information content (AvgIpc) is 2.61. The zero-order chi connectivity index (χ0) is 14.1. The Hall–Kier alpha value is -2.13. The summed E-state index contributed by atoms with van der Waals surface area (Å²) in [4.78, 5) is 14.3. The van der Waals surface area contributed by atoms with Gasteiger partial charge in [0.15, 0.2) is 0 Å². The van der Waals surface area contributed by atoms with E-state index in [2.05, 4.69) is 31.3 Å². The van der Waals surface area contributed by atoms with Crippen LogP contribution in [0, 0.1) is 13.8 Å². The predicted octanol–water partition coefficient (Wildman–Crippen LogP) is 3.07. The summed E-state index contributed by atoms with van der Waals surface area (Å²) in [5.41, 5.74) is 5.46. The maximum absolute atomic E-state index is 12.5. The third-order valence-corrected chi connectivity index (χ3v) is 3.89. The summed E-state index contributed by atoms with van der Waals surface area (Å²) in [6, 6.07) is 14.2. The molecule has 0 aromatic heterocycles. The number of amides is 1. The van der Waals surface area contributed by atoms with Crippen molar-refractivity contribution in [3.05, 3.63) is 59.2 Å². The molecule has 0 saturated carbocycles. The minimum atomic E-state index is 0.0867. The number of fused-ring (bicyclic) bond motifs is 1. The Bertz CT molecular complexity index is 664. The Kier molecular flexibility index (Phi) is 3.28. The fraction of sp³-hybridized carbons (Fsp3) is 0.235. The largest absolute Gasteiger partial charge is 0.304 e. The summed E-state index contributed by atoms with van der Waals surface area (Å²) in [7, 11) is 0. The summed E-state index contributed by atoms with van der Waals surface area (Å²) >= 11 is 0. The van der Waals surface area contributed by atoms with Gasteiger partial charge in [-0.15, -0.1) is 0 Å². The van der Waals surface area contributed by atoms with Crippen LogP contribution in [0.4, 0.5) is 11.4 Å². The molecule has 1 aliphatic heterocycles. The van der Waals surface area contributed by atoms with Crippen LogP contribution in [0.5, 0.6) is 0 Å². The molecule has 0 spiro atoms. The highest BCUT2D eigenvalue weighted by Gasteiger charge is 2.24. The topological polar surface area (TPSA) is 32.3 Å². The molecule has 3 rings (SSSR count). The van der Waals surface area contributed by atoms with E-state index in [4.69, 9.17) is 0 Å². The Balaban J connectivity index is 2.20. The first-order valence-corrected chi connectivity index (χ1v) is 6.86.